The van der Waals surface area contributed by atoms with E-state index < -0.39 is 12.1 Å². The molecule has 7 heteroatoms. The van der Waals surface area contributed by atoms with Gasteiger partial charge >= 0.3 is 12.1 Å². The SMILES string of the molecule is CCOc1cc(Br)cc(C(=O)O)c1NC(=O)OCc1ccccc1. The molecule has 0 bridgehead atoms. The number of hydrogen-bond acceptors (Lipinski definition) is 4. The minimum Gasteiger partial charge on any atom is -0.492 e. The van der Waals surface area contributed by atoms with Crippen LogP contribution in [-0.2, 0) is 11.3 Å². The predicted octanol–water partition coefficient (Wildman–Crippen LogP) is 4.29. The zero-order valence-electron chi connectivity index (χ0n) is 12.9. The minimum atomic E-state index is -1.18. The maximum Gasteiger partial charge on any atom is 0.412 e. The third kappa shape index (κ3) is 4.73. The van der Waals surface area contributed by atoms with Gasteiger partial charge in [0.25, 0.3) is 0 Å². The van der Waals surface area contributed by atoms with E-state index in [9.17, 15) is 14.7 Å². The molecule has 0 aliphatic heterocycles. The second-order valence-electron chi connectivity index (χ2n) is 4.75. The first kappa shape index (κ1) is 17.8. The van der Waals surface area contributed by atoms with Crippen LogP contribution in [-0.4, -0.2) is 23.8 Å². The predicted molar refractivity (Wildman–Crippen MR) is 92.5 cm³/mol. The number of benzene rings is 2. The molecule has 0 unspecified atom stereocenters. The lowest BCUT2D eigenvalue weighted by molar-refractivity contribution is 0.0697. The van der Waals surface area contributed by atoms with Crippen molar-refractivity contribution in [1.29, 1.82) is 0 Å². The molecule has 2 N–H and O–H groups in total. The van der Waals surface area contributed by atoms with Gasteiger partial charge in [0.15, 0.2) is 0 Å². The van der Waals surface area contributed by atoms with E-state index in [0.29, 0.717) is 11.1 Å². The molecule has 0 aromatic heterocycles. The second-order valence-corrected chi connectivity index (χ2v) is 5.67. The Hall–Kier alpha value is -2.54. The number of carboxylic acid groups (broad SMARTS) is 1. The summed E-state index contributed by atoms with van der Waals surface area (Å²) in [4.78, 5) is 23.4. The topological polar surface area (TPSA) is 84.9 Å². The average molecular weight is 394 g/mol. The standard InChI is InChI=1S/C17H16BrNO5/c1-2-23-14-9-12(18)8-13(16(20)21)15(14)19-17(22)24-10-11-6-4-3-5-7-11/h3-9H,2,10H2,1H3,(H,19,22)(H,20,21). The van der Waals surface area contributed by atoms with Gasteiger partial charge in [-0.1, -0.05) is 46.3 Å². The Morgan fingerprint density at radius 3 is 2.54 bits per heavy atom. The molecule has 0 heterocycles. The van der Waals surface area contributed by atoms with Gasteiger partial charge in [-0.2, -0.15) is 0 Å². The highest BCUT2D eigenvalue weighted by atomic mass is 79.9. The van der Waals surface area contributed by atoms with Gasteiger partial charge in [-0.05, 0) is 24.6 Å². The van der Waals surface area contributed by atoms with Crippen molar-refractivity contribution >= 4 is 33.7 Å². The fourth-order valence-electron chi connectivity index (χ4n) is 2.01. The Morgan fingerprint density at radius 2 is 1.92 bits per heavy atom. The van der Waals surface area contributed by atoms with Crippen LogP contribution >= 0.6 is 15.9 Å². The Kier molecular flexibility index (Phi) is 6.20. The van der Waals surface area contributed by atoms with Crippen LogP contribution in [0.15, 0.2) is 46.9 Å². The first-order chi connectivity index (χ1) is 11.5. The van der Waals surface area contributed by atoms with Gasteiger partial charge in [-0.25, -0.2) is 9.59 Å². The van der Waals surface area contributed by atoms with Gasteiger partial charge in [0.1, 0.15) is 18.0 Å². The summed E-state index contributed by atoms with van der Waals surface area (Å²) in [5.74, 6) is -0.934. The number of carbonyl (C=O) groups is 2. The molecular formula is C17H16BrNO5. The number of anilines is 1. The molecular weight excluding hydrogens is 378 g/mol. The van der Waals surface area contributed by atoms with Crippen molar-refractivity contribution in [3.63, 3.8) is 0 Å². The fraction of sp³-hybridized carbons (Fsp3) is 0.176. The molecule has 0 aliphatic rings. The van der Waals surface area contributed by atoms with E-state index in [1.54, 1.807) is 13.0 Å². The van der Waals surface area contributed by atoms with Crippen LogP contribution in [0.3, 0.4) is 0 Å². The molecule has 0 spiro atoms. The van der Waals surface area contributed by atoms with Gasteiger partial charge in [-0.3, -0.25) is 5.32 Å². The average Bonchev–Trinajstić information content (AvgIpc) is 2.56. The molecule has 126 valence electrons. The van der Waals surface area contributed by atoms with Gasteiger partial charge in [0.05, 0.1) is 12.2 Å². The van der Waals surface area contributed by atoms with Crippen LogP contribution in [0.2, 0.25) is 0 Å². The lowest BCUT2D eigenvalue weighted by Gasteiger charge is -2.15. The number of halogens is 1. The number of hydrogen-bond donors (Lipinski definition) is 2. The summed E-state index contributed by atoms with van der Waals surface area (Å²) in [6, 6.07) is 12.1. The van der Waals surface area contributed by atoms with Crippen molar-refractivity contribution in [2.45, 2.75) is 13.5 Å². The molecule has 0 radical (unpaired) electrons. The molecule has 2 aromatic carbocycles. The molecule has 6 nitrogen and oxygen atoms in total. The van der Waals surface area contributed by atoms with Crippen LogP contribution in [0.25, 0.3) is 0 Å². The van der Waals surface area contributed by atoms with E-state index >= 15 is 0 Å². The summed E-state index contributed by atoms with van der Waals surface area (Å²) in [5, 5.41) is 11.8. The highest BCUT2D eigenvalue weighted by molar-refractivity contribution is 9.10. The van der Waals surface area contributed by atoms with E-state index in [1.807, 2.05) is 30.3 Å². The summed E-state index contributed by atoms with van der Waals surface area (Å²) in [6.45, 7) is 2.16. The highest BCUT2D eigenvalue weighted by Gasteiger charge is 2.19. The summed E-state index contributed by atoms with van der Waals surface area (Å²) in [7, 11) is 0. The Morgan fingerprint density at radius 1 is 1.21 bits per heavy atom. The van der Waals surface area contributed by atoms with Crippen molar-refractivity contribution < 1.29 is 24.2 Å². The van der Waals surface area contributed by atoms with E-state index in [1.165, 1.54) is 6.07 Å². The summed E-state index contributed by atoms with van der Waals surface area (Å²) in [5.41, 5.74) is 0.794. The summed E-state index contributed by atoms with van der Waals surface area (Å²) in [6.07, 6.45) is -0.760. The number of rotatable bonds is 6. The first-order valence-electron chi connectivity index (χ1n) is 7.18. The van der Waals surface area contributed by atoms with Crippen LogP contribution < -0.4 is 10.1 Å². The molecule has 0 aliphatic carbocycles. The maximum absolute atomic E-state index is 12.0. The first-order valence-corrected chi connectivity index (χ1v) is 7.98. The lowest BCUT2D eigenvalue weighted by atomic mass is 10.1. The highest BCUT2D eigenvalue weighted by Crippen LogP contribution is 2.33. The quantitative estimate of drug-likeness (QED) is 0.764. The molecule has 2 aromatic rings. The van der Waals surface area contributed by atoms with Crippen molar-refractivity contribution in [3.05, 3.63) is 58.1 Å². The van der Waals surface area contributed by atoms with Crippen LogP contribution in [0.4, 0.5) is 10.5 Å². The summed E-state index contributed by atoms with van der Waals surface area (Å²) >= 11 is 3.23. The van der Waals surface area contributed by atoms with Gasteiger partial charge < -0.3 is 14.6 Å². The van der Waals surface area contributed by atoms with Crippen LogP contribution in [0.1, 0.15) is 22.8 Å². The fourth-order valence-corrected chi connectivity index (χ4v) is 2.45. The molecule has 2 rings (SSSR count). The van der Waals surface area contributed by atoms with Crippen molar-refractivity contribution in [1.82, 2.24) is 0 Å². The number of carboxylic acids is 1. The van der Waals surface area contributed by atoms with Crippen LogP contribution in [0, 0.1) is 0 Å². The summed E-state index contributed by atoms with van der Waals surface area (Å²) < 4.78 is 11.1. The van der Waals surface area contributed by atoms with Crippen molar-refractivity contribution in [2.24, 2.45) is 0 Å². The Labute approximate surface area is 147 Å². The molecule has 0 saturated heterocycles. The number of amides is 1. The zero-order valence-corrected chi connectivity index (χ0v) is 14.5. The second kappa shape index (κ2) is 8.35. The molecule has 1 amide bonds. The lowest BCUT2D eigenvalue weighted by Crippen LogP contribution is -2.17. The molecule has 0 fully saturated rings. The third-order valence-electron chi connectivity index (χ3n) is 3.04. The minimum absolute atomic E-state index is 0.0608. The van der Waals surface area contributed by atoms with Crippen LogP contribution in [0.5, 0.6) is 5.75 Å². The van der Waals surface area contributed by atoms with E-state index in [4.69, 9.17) is 9.47 Å². The number of carbonyl (C=O) groups excluding carboxylic acids is 1. The van der Waals surface area contributed by atoms with Crippen molar-refractivity contribution in [2.75, 3.05) is 11.9 Å². The Bertz CT molecular complexity index is 733. The maximum atomic E-state index is 12.0. The molecule has 0 atom stereocenters. The Balaban J connectivity index is 2.17. The third-order valence-corrected chi connectivity index (χ3v) is 3.49. The normalized spacial score (nSPS) is 10.1. The smallest absolute Gasteiger partial charge is 0.412 e. The van der Waals surface area contributed by atoms with Gasteiger partial charge in [0.2, 0.25) is 0 Å². The largest absolute Gasteiger partial charge is 0.492 e. The van der Waals surface area contributed by atoms with Gasteiger partial charge in [-0.15, -0.1) is 0 Å². The molecule has 0 saturated carbocycles. The number of nitrogens with one attached hydrogen (secondary N) is 1. The number of ether oxygens (including phenoxy) is 2. The van der Waals surface area contributed by atoms with Gasteiger partial charge in [0, 0.05) is 4.47 Å². The van der Waals surface area contributed by atoms with Crippen molar-refractivity contribution in [3.8, 4) is 5.75 Å². The number of aromatic carboxylic acids is 1. The molecule has 24 heavy (non-hydrogen) atoms. The van der Waals surface area contributed by atoms with E-state index in [2.05, 4.69) is 21.2 Å². The zero-order chi connectivity index (χ0) is 17.5. The van der Waals surface area contributed by atoms with E-state index in [0.717, 1.165) is 5.56 Å². The van der Waals surface area contributed by atoms with E-state index in [-0.39, 0.29) is 23.6 Å². The monoisotopic (exact) mass is 393 g/mol.